The van der Waals surface area contributed by atoms with Gasteiger partial charge in [-0.2, -0.15) is 0 Å². The molecule has 5 aliphatic heterocycles. The van der Waals surface area contributed by atoms with Crippen LogP contribution < -0.4 is 11.1 Å². The standard InChI is InChI=1S/C19H31N3O2/c1-2-24-17-10-21-6-5-14(17)11-7-13-9-15-16(8-11)22(13)19(15,18(20)23)12-3-4-12/h11-17,21H,2-10H2,1H3,(H2,20,23)/t11?,13?,14?,15?,16?,17-,19-/m1/s1. The quantitative estimate of drug-likeness (QED) is 0.791. The van der Waals surface area contributed by atoms with Gasteiger partial charge in [0.05, 0.1) is 6.10 Å². The van der Waals surface area contributed by atoms with E-state index in [0.29, 0.717) is 35.9 Å². The summed E-state index contributed by atoms with van der Waals surface area (Å²) < 4.78 is 6.05. The molecule has 1 amide bonds. The van der Waals surface area contributed by atoms with Gasteiger partial charge in [0.1, 0.15) is 5.54 Å². The Morgan fingerprint density at radius 3 is 2.79 bits per heavy atom. The first kappa shape index (κ1) is 15.6. The lowest BCUT2D eigenvalue weighted by Crippen LogP contribution is -2.76. The predicted octanol–water partition coefficient (Wildman–Crippen LogP) is 1.12. The van der Waals surface area contributed by atoms with Crippen molar-refractivity contribution in [3.63, 3.8) is 0 Å². The summed E-state index contributed by atoms with van der Waals surface area (Å²) in [5.41, 5.74) is 5.69. The molecule has 6 fully saturated rings. The Balaban J connectivity index is 1.34. The number of hydrogen-bond acceptors (Lipinski definition) is 4. The van der Waals surface area contributed by atoms with Crippen molar-refractivity contribution in [3.05, 3.63) is 0 Å². The van der Waals surface area contributed by atoms with Gasteiger partial charge in [-0.05, 0) is 69.7 Å². The number of carbonyl (C=O) groups excluding carboxylic acids is 1. The minimum atomic E-state index is -0.242. The zero-order chi connectivity index (χ0) is 16.5. The van der Waals surface area contributed by atoms with Crippen molar-refractivity contribution in [2.24, 2.45) is 29.4 Å². The van der Waals surface area contributed by atoms with Gasteiger partial charge in [0.25, 0.3) is 0 Å². The van der Waals surface area contributed by atoms with Gasteiger partial charge in [-0.15, -0.1) is 0 Å². The van der Waals surface area contributed by atoms with Crippen LogP contribution in [0.15, 0.2) is 0 Å². The second-order valence-electron chi connectivity index (χ2n) is 8.82. The lowest BCUT2D eigenvalue weighted by molar-refractivity contribution is -0.168. The smallest absolute Gasteiger partial charge is 0.238 e. The third-order valence-corrected chi connectivity index (χ3v) is 7.91. The molecule has 6 aliphatic rings. The highest BCUT2D eigenvalue weighted by atomic mass is 16.5. The molecule has 5 heteroatoms. The molecule has 8 atom stereocenters. The van der Waals surface area contributed by atoms with E-state index >= 15 is 0 Å². The summed E-state index contributed by atoms with van der Waals surface area (Å²) in [4.78, 5) is 14.9. The average Bonchev–Trinajstić information content (AvgIpc) is 3.29. The third kappa shape index (κ3) is 1.89. The summed E-state index contributed by atoms with van der Waals surface area (Å²) in [6.45, 7) is 5.04. The monoisotopic (exact) mass is 333 g/mol. The van der Waals surface area contributed by atoms with Crippen molar-refractivity contribution in [3.8, 4) is 0 Å². The van der Waals surface area contributed by atoms with Crippen LogP contribution in [-0.4, -0.2) is 54.2 Å². The molecule has 6 rings (SSSR count). The second kappa shape index (κ2) is 5.42. The number of nitrogens with zero attached hydrogens (tertiary/aromatic N) is 1. The highest BCUT2D eigenvalue weighted by Gasteiger charge is 2.76. The molecule has 5 heterocycles. The van der Waals surface area contributed by atoms with E-state index in [1.54, 1.807) is 0 Å². The van der Waals surface area contributed by atoms with Crippen LogP contribution in [0.25, 0.3) is 0 Å². The van der Waals surface area contributed by atoms with Gasteiger partial charge in [0.15, 0.2) is 0 Å². The van der Waals surface area contributed by atoms with E-state index in [-0.39, 0.29) is 11.4 Å². The number of hydrogen-bond donors (Lipinski definition) is 2. The number of rotatable bonds is 5. The van der Waals surface area contributed by atoms with Gasteiger partial charge < -0.3 is 15.8 Å². The van der Waals surface area contributed by atoms with Crippen molar-refractivity contribution >= 4 is 5.91 Å². The lowest BCUT2D eigenvalue weighted by atomic mass is 9.63. The summed E-state index contributed by atoms with van der Waals surface area (Å²) in [5.74, 6) is 2.54. The lowest BCUT2D eigenvalue weighted by Gasteiger charge is -2.61. The molecule has 0 aromatic heterocycles. The Kier molecular flexibility index (Phi) is 3.52. The first-order valence-corrected chi connectivity index (χ1v) is 10.1. The van der Waals surface area contributed by atoms with Crippen molar-refractivity contribution < 1.29 is 9.53 Å². The van der Waals surface area contributed by atoms with Crippen LogP contribution in [-0.2, 0) is 9.53 Å². The summed E-state index contributed by atoms with van der Waals surface area (Å²) in [5, 5.41) is 3.50. The zero-order valence-electron chi connectivity index (χ0n) is 14.7. The molecule has 0 radical (unpaired) electrons. The van der Waals surface area contributed by atoms with Gasteiger partial charge in [0.2, 0.25) is 5.91 Å². The molecule has 134 valence electrons. The molecule has 3 N–H and O–H groups in total. The second-order valence-corrected chi connectivity index (χ2v) is 8.82. The maximum atomic E-state index is 12.3. The topological polar surface area (TPSA) is 67.6 Å². The highest BCUT2D eigenvalue weighted by Crippen LogP contribution is 2.67. The molecular weight excluding hydrogens is 302 g/mol. The van der Waals surface area contributed by atoms with Crippen molar-refractivity contribution in [2.75, 3.05) is 19.7 Å². The van der Waals surface area contributed by atoms with Gasteiger partial charge in [-0.3, -0.25) is 9.69 Å². The van der Waals surface area contributed by atoms with Crippen LogP contribution in [0.5, 0.6) is 0 Å². The Hall–Kier alpha value is -0.650. The van der Waals surface area contributed by atoms with Crippen LogP contribution in [0.2, 0.25) is 0 Å². The minimum absolute atomic E-state index is 0.0266. The molecule has 5 saturated heterocycles. The number of piperidine rings is 2. The summed E-state index contributed by atoms with van der Waals surface area (Å²) in [6, 6.07) is 1.23. The molecule has 0 aromatic rings. The van der Waals surface area contributed by atoms with E-state index < -0.39 is 0 Å². The largest absolute Gasteiger partial charge is 0.377 e. The molecule has 6 unspecified atom stereocenters. The van der Waals surface area contributed by atoms with Crippen molar-refractivity contribution in [1.82, 2.24) is 10.2 Å². The SMILES string of the molecule is CCO[C@@H]1CNCCC1C1CC2CC3C(C1)N2[C@]3(C(N)=O)C1CC1. The first-order chi connectivity index (χ1) is 11.7. The van der Waals surface area contributed by atoms with E-state index in [1.165, 1.54) is 38.5 Å². The number of primary amides is 1. The maximum Gasteiger partial charge on any atom is 0.238 e. The van der Waals surface area contributed by atoms with Crippen LogP contribution in [0.4, 0.5) is 0 Å². The van der Waals surface area contributed by atoms with Gasteiger partial charge in [-0.1, -0.05) is 0 Å². The van der Waals surface area contributed by atoms with Crippen LogP contribution in [0, 0.1) is 23.7 Å². The van der Waals surface area contributed by atoms with Crippen LogP contribution in [0.1, 0.15) is 45.4 Å². The number of carbonyl (C=O) groups is 1. The van der Waals surface area contributed by atoms with E-state index in [0.717, 1.165) is 25.6 Å². The van der Waals surface area contributed by atoms with Gasteiger partial charge in [0, 0.05) is 31.2 Å². The number of nitrogens with one attached hydrogen (secondary N) is 1. The maximum absolute atomic E-state index is 12.3. The van der Waals surface area contributed by atoms with E-state index in [2.05, 4.69) is 17.1 Å². The Labute approximate surface area is 144 Å². The van der Waals surface area contributed by atoms with Crippen molar-refractivity contribution in [2.45, 2.75) is 69.2 Å². The number of nitrogens with two attached hydrogens (primary N) is 1. The van der Waals surface area contributed by atoms with Crippen molar-refractivity contribution in [1.29, 1.82) is 0 Å². The van der Waals surface area contributed by atoms with Crippen LogP contribution in [0.3, 0.4) is 0 Å². The Morgan fingerprint density at radius 1 is 1.29 bits per heavy atom. The summed E-state index contributed by atoms with van der Waals surface area (Å²) in [6.07, 6.45) is 7.76. The molecule has 0 spiro atoms. The third-order valence-electron chi connectivity index (χ3n) is 7.91. The predicted molar refractivity (Wildman–Crippen MR) is 91.3 cm³/mol. The molecule has 24 heavy (non-hydrogen) atoms. The summed E-state index contributed by atoms with van der Waals surface area (Å²) >= 11 is 0. The number of ether oxygens (including phenoxy) is 1. The first-order valence-electron chi connectivity index (χ1n) is 10.1. The fraction of sp³-hybridized carbons (Fsp3) is 0.947. The zero-order valence-corrected chi connectivity index (χ0v) is 14.7. The van der Waals surface area contributed by atoms with E-state index in [4.69, 9.17) is 10.5 Å². The fourth-order valence-corrected chi connectivity index (χ4v) is 7.11. The summed E-state index contributed by atoms with van der Waals surface area (Å²) in [7, 11) is 0. The Morgan fingerprint density at radius 2 is 2.12 bits per heavy atom. The fourth-order valence-electron chi connectivity index (χ4n) is 7.11. The van der Waals surface area contributed by atoms with E-state index in [1.807, 2.05) is 0 Å². The van der Waals surface area contributed by atoms with Gasteiger partial charge >= 0.3 is 0 Å². The van der Waals surface area contributed by atoms with E-state index in [9.17, 15) is 4.79 Å². The number of amides is 1. The van der Waals surface area contributed by atoms with Gasteiger partial charge in [-0.25, -0.2) is 0 Å². The Bertz CT molecular complexity index is 527. The molecular formula is C19H31N3O2. The molecule has 0 aromatic carbocycles. The van der Waals surface area contributed by atoms with Crippen LogP contribution >= 0.6 is 0 Å². The average molecular weight is 333 g/mol. The highest BCUT2D eigenvalue weighted by molar-refractivity contribution is 5.88. The molecule has 4 bridgehead atoms. The molecule has 1 saturated carbocycles. The minimum Gasteiger partial charge on any atom is -0.377 e. The molecule has 5 nitrogen and oxygen atoms in total. The normalized spacial score (nSPS) is 52.8. The molecule has 1 aliphatic carbocycles.